The van der Waals surface area contributed by atoms with Crippen LogP contribution in [-0.4, -0.2) is 19.9 Å². The highest BCUT2D eigenvalue weighted by atomic mass is 15.0. The molecule has 0 aliphatic rings. The summed E-state index contributed by atoms with van der Waals surface area (Å²) in [4.78, 5) is 16.9. The van der Waals surface area contributed by atoms with Crippen LogP contribution in [-0.2, 0) is 0 Å². The standard InChI is InChI=1S/C12H8N4/c1-2-4-9(5-3-1)11-15-8-10-12(16-11)14-7-6-13-10/h1-8H. The van der Waals surface area contributed by atoms with Crippen molar-refractivity contribution in [2.45, 2.75) is 0 Å². The summed E-state index contributed by atoms with van der Waals surface area (Å²) in [5, 5.41) is 0. The Morgan fingerprint density at radius 2 is 1.62 bits per heavy atom. The van der Waals surface area contributed by atoms with Crippen molar-refractivity contribution < 1.29 is 0 Å². The van der Waals surface area contributed by atoms with Crippen molar-refractivity contribution in [2.24, 2.45) is 0 Å². The van der Waals surface area contributed by atoms with Gasteiger partial charge in [-0.3, -0.25) is 0 Å². The first-order valence-corrected chi connectivity index (χ1v) is 4.93. The van der Waals surface area contributed by atoms with E-state index in [4.69, 9.17) is 0 Å². The fraction of sp³-hybridized carbons (Fsp3) is 0. The number of hydrogen-bond acceptors (Lipinski definition) is 4. The molecule has 3 aromatic rings. The summed E-state index contributed by atoms with van der Waals surface area (Å²) in [7, 11) is 0. The van der Waals surface area contributed by atoms with E-state index in [1.807, 2.05) is 30.3 Å². The molecule has 0 amide bonds. The third-order valence-electron chi connectivity index (χ3n) is 2.26. The van der Waals surface area contributed by atoms with Crippen LogP contribution in [0.5, 0.6) is 0 Å². The molecular formula is C12H8N4. The van der Waals surface area contributed by atoms with Crippen molar-refractivity contribution in [3.05, 3.63) is 48.9 Å². The molecule has 0 bridgehead atoms. The molecule has 0 atom stereocenters. The number of fused-ring (bicyclic) bond motifs is 1. The molecule has 0 N–H and O–H groups in total. The molecule has 0 spiro atoms. The second kappa shape index (κ2) is 3.66. The molecule has 0 saturated heterocycles. The molecule has 16 heavy (non-hydrogen) atoms. The Labute approximate surface area is 92.0 Å². The maximum atomic E-state index is 4.36. The van der Waals surface area contributed by atoms with E-state index in [1.165, 1.54) is 0 Å². The second-order valence-corrected chi connectivity index (χ2v) is 3.32. The molecule has 0 radical (unpaired) electrons. The fourth-order valence-electron chi connectivity index (χ4n) is 1.50. The minimum atomic E-state index is 0.622. The van der Waals surface area contributed by atoms with Crippen LogP contribution in [0.3, 0.4) is 0 Å². The summed E-state index contributed by atoms with van der Waals surface area (Å²) in [6.07, 6.45) is 4.95. The number of hydrogen-bond donors (Lipinski definition) is 0. The second-order valence-electron chi connectivity index (χ2n) is 3.32. The molecule has 76 valence electrons. The summed E-state index contributed by atoms with van der Waals surface area (Å²) in [5.41, 5.74) is 2.31. The highest BCUT2D eigenvalue weighted by molar-refractivity contribution is 5.71. The molecule has 0 fully saturated rings. The van der Waals surface area contributed by atoms with Gasteiger partial charge in [-0.05, 0) is 0 Å². The summed E-state index contributed by atoms with van der Waals surface area (Å²) in [6, 6.07) is 9.82. The molecule has 0 aliphatic carbocycles. The van der Waals surface area contributed by atoms with Gasteiger partial charge in [-0.2, -0.15) is 0 Å². The van der Waals surface area contributed by atoms with Crippen molar-refractivity contribution in [1.29, 1.82) is 0 Å². The van der Waals surface area contributed by atoms with Crippen molar-refractivity contribution >= 4 is 11.2 Å². The summed E-state index contributed by atoms with van der Waals surface area (Å²) in [5.74, 6) is 0.675. The van der Waals surface area contributed by atoms with Crippen LogP contribution in [0.1, 0.15) is 0 Å². The van der Waals surface area contributed by atoms with Crippen LogP contribution in [0.4, 0.5) is 0 Å². The minimum absolute atomic E-state index is 0.622. The zero-order chi connectivity index (χ0) is 10.8. The van der Waals surface area contributed by atoms with E-state index in [0.717, 1.165) is 5.56 Å². The zero-order valence-electron chi connectivity index (χ0n) is 8.41. The van der Waals surface area contributed by atoms with Crippen molar-refractivity contribution in [3.63, 3.8) is 0 Å². The Hall–Kier alpha value is -2.36. The van der Waals surface area contributed by atoms with Gasteiger partial charge in [-0.25, -0.2) is 19.9 Å². The first kappa shape index (κ1) is 8.91. The van der Waals surface area contributed by atoms with Gasteiger partial charge in [0.05, 0.1) is 6.20 Å². The molecule has 1 aromatic carbocycles. The summed E-state index contributed by atoms with van der Waals surface area (Å²) >= 11 is 0. The Morgan fingerprint density at radius 1 is 0.812 bits per heavy atom. The third kappa shape index (κ3) is 1.50. The van der Waals surface area contributed by atoms with Gasteiger partial charge in [0.2, 0.25) is 0 Å². The van der Waals surface area contributed by atoms with E-state index >= 15 is 0 Å². The average molecular weight is 208 g/mol. The normalized spacial score (nSPS) is 10.5. The van der Waals surface area contributed by atoms with Gasteiger partial charge in [0, 0.05) is 18.0 Å². The molecule has 3 rings (SSSR count). The van der Waals surface area contributed by atoms with Gasteiger partial charge in [0.1, 0.15) is 5.52 Å². The fourth-order valence-corrected chi connectivity index (χ4v) is 1.50. The number of nitrogens with zero attached hydrogens (tertiary/aromatic N) is 4. The lowest BCUT2D eigenvalue weighted by molar-refractivity contribution is 1.15. The average Bonchev–Trinajstić information content (AvgIpc) is 2.39. The molecule has 0 saturated carbocycles. The van der Waals surface area contributed by atoms with Crippen LogP contribution < -0.4 is 0 Å². The number of benzene rings is 1. The Balaban J connectivity index is 2.19. The van der Waals surface area contributed by atoms with Gasteiger partial charge < -0.3 is 0 Å². The molecule has 4 heteroatoms. The number of rotatable bonds is 1. The Kier molecular flexibility index (Phi) is 2.04. The molecule has 0 aliphatic heterocycles. The monoisotopic (exact) mass is 208 g/mol. The lowest BCUT2D eigenvalue weighted by Gasteiger charge is -2.00. The van der Waals surface area contributed by atoms with E-state index in [-0.39, 0.29) is 0 Å². The molecule has 2 heterocycles. The largest absolute Gasteiger partial charge is 0.250 e. The lowest BCUT2D eigenvalue weighted by Crippen LogP contribution is -1.92. The van der Waals surface area contributed by atoms with Gasteiger partial charge in [-0.1, -0.05) is 30.3 Å². The van der Waals surface area contributed by atoms with Gasteiger partial charge >= 0.3 is 0 Å². The quantitative estimate of drug-likeness (QED) is 0.614. The van der Waals surface area contributed by atoms with E-state index in [2.05, 4.69) is 19.9 Å². The molecule has 0 unspecified atom stereocenters. The number of aromatic nitrogens is 4. The van der Waals surface area contributed by atoms with E-state index in [1.54, 1.807) is 18.6 Å². The van der Waals surface area contributed by atoms with Gasteiger partial charge in [0.15, 0.2) is 11.5 Å². The third-order valence-corrected chi connectivity index (χ3v) is 2.26. The van der Waals surface area contributed by atoms with E-state index < -0.39 is 0 Å². The summed E-state index contributed by atoms with van der Waals surface area (Å²) < 4.78 is 0. The van der Waals surface area contributed by atoms with Gasteiger partial charge in [-0.15, -0.1) is 0 Å². The minimum Gasteiger partial charge on any atom is -0.250 e. The van der Waals surface area contributed by atoms with Crippen LogP contribution in [0.15, 0.2) is 48.9 Å². The smallest absolute Gasteiger partial charge is 0.181 e. The van der Waals surface area contributed by atoms with E-state index in [0.29, 0.717) is 17.0 Å². The first-order chi connectivity index (χ1) is 7.93. The van der Waals surface area contributed by atoms with Crippen molar-refractivity contribution in [2.75, 3.05) is 0 Å². The SMILES string of the molecule is c1ccc(-c2ncc3nccnc3n2)cc1. The van der Waals surface area contributed by atoms with Crippen LogP contribution in [0, 0.1) is 0 Å². The van der Waals surface area contributed by atoms with E-state index in [9.17, 15) is 0 Å². The van der Waals surface area contributed by atoms with Gasteiger partial charge in [0.25, 0.3) is 0 Å². The lowest BCUT2D eigenvalue weighted by atomic mass is 10.2. The predicted molar refractivity (Wildman–Crippen MR) is 60.6 cm³/mol. The van der Waals surface area contributed by atoms with Crippen molar-refractivity contribution in [1.82, 2.24) is 19.9 Å². The molecule has 4 nitrogen and oxygen atoms in total. The maximum Gasteiger partial charge on any atom is 0.181 e. The molecular weight excluding hydrogens is 200 g/mol. The maximum absolute atomic E-state index is 4.36. The van der Waals surface area contributed by atoms with Crippen LogP contribution in [0.2, 0.25) is 0 Å². The first-order valence-electron chi connectivity index (χ1n) is 4.93. The highest BCUT2D eigenvalue weighted by Gasteiger charge is 2.02. The Bertz CT molecular complexity index is 622. The zero-order valence-corrected chi connectivity index (χ0v) is 8.41. The predicted octanol–water partition coefficient (Wildman–Crippen LogP) is 2.09. The highest BCUT2D eigenvalue weighted by Crippen LogP contribution is 2.15. The van der Waals surface area contributed by atoms with Crippen molar-refractivity contribution in [3.8, 4) is 11.4 Å². The molecule has 2 aromatic heterocycles. The topological polar surface area (TPSA) is 51.6 Å². The Morgan fingerprint density at radius 3 is 2.50 bits per heavy atom. The summed E-state index contributed by atoms with van der Waals surface area (Å²) in [6.45, 7) is 0. The van der Waals surface area contributed by atoms with Crippen LogP contribution >= 0.6 is 0 Å². The van der Waals surface area contributed by atoms with Crippen LogP contribution in [0.25, 0.3) is 22.6 Å².